The number of carboxylic acid groups (broad SMARTS) is 1. The zero-order valence-corrected chi connectivity index (χ0v) is 26.2. The number of carbonyl (C=O) groups excluding carboxylic acids is 2. The van der Waals surface area contributed by atoms with Crippen molar-refractivity contribution in [3.05, 3.63) is 93.8 Å². The minimum atomic E-state index is -1.13. The highest BCUT2D eigenvalue weighted by molar-refractivity contribution is 6.31. The Labute approximate surface area is 275 Å². The summed E-state index contributed by atoms with van der Waals surface area (Å²) in [6.07, 6.45) is 2.88. The molecule has 0 spiro atoms. The number of carboxylic acids is 1. The molecule has 0 bridgehead atoms. The Morgan fingerprint density at radius 1 is 1.09 bits per heavy atom. The predicted molar refractivity (Wildman–Crippen MR) is 177 cm³/mol. The molecule has 3 N–H and O–H groups in total. The Morgan fingerprint density at radius 3 is 2.53 bits per heavy atom. The lowest BCUT2D eigenvalue weighted by molar-refractivity contribution is -0.142. The number of halogens is 2. The zero-order chi connectivity index (χ0) is 33.3. The van der Waals surface area contributed by atoms with E-state index in [9.17, 15) is 19.5 Å². The van der Waals surface area contributed by atoms with Crippen molar-refractivity contribution in [3.8, 4) is 0 Å². The van der Waals surface area contributed by atoms with E-state index in [4.69, 9.17) is 11.6 Å². The van der Waals surface area contributed by atoms with Gasteiger partial charge in [-0.15, -0.1) is 5.10 Å². The van der Waals surface area contributed by atoms with Crippen LogP contribution in [-0.2, 0) is 16.0 Å². The summed E-state index contributed by atoms with van der Waals surface area (Å²) in [4.78, 5) is 43.9. The molecule has 47 heavy (non-hydrogen) atoms. The van der Waals surface area contributed by atoms with E-state index in [0.29, 0.717) is 23.4 Å². The lowest BCUT2D eigenvalue weighted by Crippen LogP contribution is -2.62. The van der Waals surface area contributed by atoms with Gasteiger partial charge >= 0.3 is 5.97 Å². The molecule has 1 saturated heterocycles. The van der Waals surface area contributed by atoms with E-state index in [2.05, 4.69) is 37.8 Å². The number of hydrogen-bond acceptors (Lipinski definition) is 7. The van der Waals surface area contributed by atoms with Gasteiger partial charge in [-0.2, -0.15) is 0 Å². The van der Waals surface area contributed by atoms with Gasteiger partial charge in [0.15, 0.2) is 5.82 Å². The second-order valence-corrected chi connectivity index (χ2v) is 12.2. The van der Waals surface area contributed by atoms with E-state index in [1.54, 1.807) is 6.07 Å². The van der Waals surface area contributed by atoms with Crippen LogP contribution in [0.4, 0.5) is 21.5 Å². The normalized spacial score (nSPS) is 21.6. The molecule has 3 heterocycles. The first-order valence-corrected chi connectivity index (χ1v) is 15.3. The van der Waals surface area contributed by atoms with Gasteiger partial charge in [-0.3, -0.25) is 9.59 Å². The van der Waals surface area contributed by atoms with Crippen LogP contribution in [-0.4, -0.2) is 72.8 Å². The van der Waals surface area contributed by atoms with Gasteiger partial charge in [0, 0.05) is 55.9 Å². The molecule has 14 heteroatoms. The number of aromatic carboxylic acids is 1. The number of hydrogen-bond donors (Lipinski definition) is 3. The summed E-state index contributed by atoms with van der Waals surface area (Å²) >= 11 is 6.14. The van der Waals surface area contributed by atoms with E-state index in [-0.39, 0.29) is 22.7 Å². The van der Waals surface area contributed by atoms with Crippen LogP contribution in [0.3, 0.4) is 0 Å². The van der Waals surface area contributed by atoms with Crippen molar-refractivity contribution in [3.63, 3.8) is 0 Å². The topological polar surface area (TPSA) is 142 Å². The molecule has 3 aromatic carbocycles. The van der Waals surface area contributed by atoms with Crippen LogP contribution >= 0.6 is 11.6 Å². The van der Waals surface area contributed by atoms with Crippen molar-refractivity contribution < 1.29 is 23.9 Å². The van der Waals surface area contributed by atoms with Gasteiger partial charge in [0.25, 0.3) is 5.91 Å². The number of nitrogens with one attached hydrogen (secondary N) is 2. The molecule has 0 saturated carbocycles. The summed E-state index contributed by atoms with van der Waals surface area (Å²) in [6.45, 7) is 8.33. The maximum atomic E-state index is 15.5. The number of anilines is 3. The third kappa shape index (κ3) is 6.07. The lowest BCUT2D eigenvalue weighted by atomic mass is 9.78. The Morgan fingerprint density at radius 2 is 1.83 bits per heavy atom. The van der Waals surface area contributed by atoms with Crippen LogP contribution in [0.1, 0.15) is 40.0 Å². The quantitative estimate of drug-likeness (QED) is 0.194. The number of piperazine rings is 1. The van der Waals surface area contributed by atoms with Gasteiger partial charge in [-0.25, -0.2) is 14.2 Å². The molecule has 3 aliphatic rings. The minimum absolute atomic E-state index is 0.0000687. The van der Waals surface area contributed by atoms with Crippen molar-refractivity contribution in [1.82, 2.24) is 10.2 Å². The van der Waals surface area contributed by atoms with E-state index in [1.807, 2.05) is 25.1 Å². The van der Waals surface area contributed by atoms with Crippen LogP contribution in [0.15, 0.2) is 76.2 Å². The standard InChI is InChI=1S/C33H32ClFN8O4/c1-33-18-24-22(4-3-5-26(24)41-16-14-37-15-17-41)30(31(45)38-21-8-6-20(7-9-21)32(46)47)43(33)28(44)13-10-23-27(12-11-25(34)29(23)35)42(19-33)40-39-36-2/h3-13,30,37H,2,14-19H2,1H3,(H,38,45)(H,46,47)/b13-10+,40-39-. The SMILES string of the molecule is C=N/N=N\N1CC2(C)Cc3c(cccc3N3CCNCC3)C(C(=O)Nc3ccc(C(=O)O)cc3)N2C(=O)/C=C/c2c1ccc(Cl)c2F. The van der Waals surface area contributed by atoms with Crippen molar-refractivity contribution in [2.45, 2.75) is 24.9 Å². The number of amides is 2. The van der Waals surface area contributed by atoms with E-state index in [1.165, 1.54) is 52.4 Å². The van der Waals surface area contributed by atoms with Crippen molar-refractivity contribution in [1.29, 1.82) is 0 Å². The summed E-state index contributed by atoms with van der Waals surface area (Å²) in [5.41, 5.74) is 2.13. The van der Waals surface area contributed by atoms with Crippen LogP contribution in [0.5, 0.6) is 0 Å². The summed E-state index contributed by atoms with van der Waals surface area (Å²) in [6, 6.07) is 13.4. The average molecular weight is 659 g/mol. The highest BCUT2D eigenvalue weighted by Crippen LogP contribution is 2.45. The van der Waals surface area contributed by atoms with Gasteiger partial charge in [-0.05, 0) is 83.5 Å². The molecule has 12 nitrogen and oxygen atoms in total. The van der Waals surface area contributed by atoms with Gasteiger partial charge in [0.05, 0.1) is 28.4 Å². The van der Waals surface area contributed by atoms with Crippen LogP contribution in [0.25, 0.3) is 6.08 Å². The predicted octanol–water partition coefficient (Wildman–Crippen LogP) is 4.93. The molecule has 6 rings (SSSR count). The third-order valence-electron chi connectivity index (χ3n) is 8.70. The highest BCUT2D eigenvalue weighted by atomic mass is 35.5. The number of benzene rings is 3. The molecule has 0 aliphatic carbocycles. The second-order valence-electron chi connectivity index (χ2n) is 11.7. The lowest BCUT2D eigenvalue weighted by Gasteiger charge is -2.51. The van der Waals surface area contributed by atoms with Gasteiger partial charge in [0.1, 0.15) is 6.04 Å². The molecule has 1 fully saturated rings. The summed E-state index contributed by atoms with van der Waals surface area (Å²) < 4.78 is 15.5. The molecule has 242 valence electrons. The van der Waals surface area contributed by atoms with Crippen molar-refractivity contribution >= 4 is 59.2 Å². The highest BCUT2D eigenvalue weighted by Gasteiger charge is 2.50. The summed E-state index contributed by atoms with van der Waals surface area (Å²) in [7, 11) is 0. The first-order valence-electron chi connectivity index (χ1n) is 15.0. The van der Waals surface area contributed by atoms with Crippen molar-refractivity contribution in [2.24, 2.45) is 15.5 Å². The summed E-state index contributed by atoms with van der Waals surface area (Å²) in [5.74, 6) is -2.88. The maximum Gasteiger partial charge on any atom is 0.335 e. The number of rotatable bonds is 6. The monoisotopic (exact) mass is 658 g/mol. The Bertz CT molecular complexity index is 1810. The molecule has 3 aliphatic heterocycles. The second kappa shape index (κ2) is 12.9. The fourth-order valence-electron chi connectivity index (χ4n) is 6.59. The number of carbonyl (C=O) groups is 3. The minimum Gasteiger partial charge on any atom is -0.478 e. The molecule has 2 amide bonds. The van der Waals surface area contributed by atoms with Crippen molar-refractivity contribution in [2.75, 3.05) is 47.9 Å². The van der Waals surface area contributed by atoms with E-state index in [0.717, 1.165) is 37.4 Å². The van der Waals surface area contributed by atoms with Crippen LogP contribution in [0.2, 0.25) is 5.02 Å². The average Bonchev–Trinajstić information content (AvgIpc) is 3.10. The molecule has 0 radical (unpaired) electrons. The molecule has 3 aromatic rings. The maximum absolute atomic E-state index is 15.5. The Kier molecular flexibility index (Phi) is 8.76. The molecule has 2 unspecified atom stereocenters. The Balaban J connectivity index is 1.52. The largest absolute Gasteiger partial charge is 0.478 e. The van der Waals surface area contributed by atoms with Gasteiger partial charge in [-0.1, -0.05) is 23.7 Å². The molecular weight excluding hydrogens is 627 g/mol. The first kappa shape index (κ1) is 31.8. The van der Waals surface area contributed by atoms with Crippen LogP contribution < -0.4 is 20.5 Å². The molecule has 2 atom stereocenters. The van der Waals surface area contributed by atoms with Gasteiger partial charge < -0.3 is 25.5 Å². The zero-order valence-electron chi connectivity index (χ0n) is 25.5. The van der Waals surface area contributed by atoms with E-state index >= 15 is 4.39 Å². The fraction of sp³-hybridized carbons (Fsp3) is 0.273. The molecular formula is C33H32ClFN8O4. The van der Waals surface area contributed by atoms with Crippen LogP contribution in [0, 0.1) is 5.82 Å². The van der Waals surface area contributed by atoms with E-state index < -0.39 is 35.2 Å². The number of fused-ring (bicyclic) bond motifs is 3. The fourth-order valence-corrected chi connectivity index (χ4v) is 6.75. The Hall–Kier alpha value is -5.14. The number of nitrogens with zero attached hydrogens (tertiary/aromatic N) is 6. The van der Waals surface area contributed by atoms with Gasteiger partial charge in [0.2, 0.25) is 5.91 Å². The molecule has 0 aromatic heterocycles. The summed E-state index contributed by atoms with van der Waals surface area (Å²) in [5, 5.41) is 28.4. The first-order chi connectivity index (χ1) is 22.6. The third-order valence-corrected chi connectivity index (χ3v) is 9.00. The smallest absolute Gasteiger partial charge is 0.335 e.